The SMILES string of the molecule is CCS(=O)(=O)c1ccc(Oc2cc3[nH]c(-c4ccccn4)nc3cc2C2OCC(CO)O2)cc1. The molecule has 176 valence electrons. The first-order valence-corrected chi connectivity index (χ1v) is 12.5. The van der Waals surface area contributed by atoms with E-state index in [9.17, 15) is 13.5 Å². The standard InChI is InChI=1S/C24H23N3O6S/c1-2-34(29,30)17-8-6-15(7-9-17)32-22-12-21-20(11-18(22)24-31-14-16(13-28)33-24)26-23(27-21)19-5-3-4-10-25-19/h3-12,16,24,28H,2,13-14H2,1H3,(H,26,27). The Kier molecular flexibility index (Phi) is 6.05. The summed E-state index contributed by atoms with van der Waals surface area (Å²) in [6.07, 6.45) is 0.516. The lowest BCUT2D eigenvalue weighted by atomic mass is 10.1. The molecule has 10 heteroatoms. The molecule has 5 rings (SSSR count). The van der Waals surface area contributed by atoms with Gasteiger partial charge in [-0.15, -0.1) is 0 Å². The lowest BCUT2D eigenvalue weighted by Gasteiger charge is -2.16. The Hall–Kier alpha value is -3.31. The lowest BCUT2D eigenvalue weighted by Crippen LogP contribution is -2.14. The molecule has 2 unspecified atom stereocenters. The predicted molar refractivity (Wildman–Crippen MR) is 124 cm³/mol. The van der Waals surface area contributed by atoms with Gasteiger partial charge in [0.1, 0.15) is 23.3 Å². The van der Waals surface area contributed by atoms with Crippen molar-refractivity contribution in [3.63, 3.8) is 0 Å². The molecule has 0 aliphatic carbocycles. The lowest BCUT2D eigenvalue weighted by molar-refractivity contribution is -0.0684. The molecule has 0 amide bonds. The van der Waals surface area contributed by atoms with Gasteiger partial charge < -0.3 is 24.3 Å². The van der Waals surface area contributed by atoms with Crippen LogP contribution in [0.1, 0.15) is 18.8 Å². The first kappa shape index (κ1) is 22.5. The van der Waals surface area contributed by atoms with Crippen LogP contribution in [0.5, 0.6) is 11.5 Å². The van der Waals surface area contributed by atoms with Crippen molar-refractivity contribution in [1.82, 2.24) is 15.0 Å². The second-order valence-electron chi connectivity index (χ2n) is 7.79. The third kappa shape index (κ3) is 4.40. The topological polar surface area (TPSA) is 124 Å². The Bertz CT molecular complexity index is 1400. The van der Waals surface area contributed by atoms with Crippen molar-refractivity contribution in [2.24, 2.45) is 0 Å². The van der Waals surface area contributed by atoms with Gasteiger partial charge in [0.05, 0.1) is 40.5 Å². The molecule has 0 radical (unpaired) electrons. The molecule has 2 aromatic heterocycles. The first-order valence-electron chi connectivity index (χ1n) is 10.8. The Morgan fingerprint density at radius 2 is 2.00 bits per heavy atom. The van der Waals surface area contributed by atoms with Gasteiger partial charge in [-0.2, -0.15) is 0 Å². The average Bonchev–Trinajstić information content (AvgIpc) is 3.51. The second kappa shape index (κ2) is 9.15. The highest BCUT2D eigenvalue weighted by molar-refractivity contribution is 7.91. The van der Waals surface area contributed by atoms with E-state index in [0.717, 1.165) is 5.52 Å². The minimum Gasteiger partial charge on any atom is -0.457 e. The zero-order valence-corrected chi connectivity index (χ0v) is 19.2. The number of aromatic nitrogens is 3. The van der Waals surface area contributed by atoms with Gasteiger partial charge in [0.2, 0.25) is 0 Å². The summed E-state index contributed by atoms with van der Waals surface area (Å²) in [6.45, 7) is 1.70. The molecule has 2 atom stereocenters. The number of nitrogens with one attached hydrogen (secondary N) is 1. The fourth-order valence-corrected chi connectivity index (χ4v) is 4.55. The van der Waals surface area contributed by atoms with Crippen LogP contribution >= 0.6 is 0 Å². The van der Waals surface area contributed by atoms with E-state index >= 15 is 0 Å². The van der Waals surface area contributed by atoms with Crippen molar-refractivity contribution < 1.29 is 27.7 Å². The largest absolute Gasteiger partial charge is 0.457 e. The van der Waals surface area contributed by atoms with Gasteiger partial charge in [-0.1, -0.05) is 13.0 Å². The quantitative estimate of drug-likeness (QED) is 0.410. The van der Waals surface area contributed by atoms with Crippen molar-refractivity contribution >= 4 is 20.9 Å². The Balaban J connectivity index is 1.53. The molecule has 1 fully saturated rings. The summed E-state index contributed by atoms with van der Waals surface area (Å²) in [6, 6.07) is 15.4. The molecule has 2 N–H and O–H groups in total. The number of aliphatic hydroxyl groups is 1. The summed E-state index contributed by atoms with van der Waals surface area (Å²) in [7, 11) is -3.31. The molecule has 0 spiro atoms. The molecular formula is C24H23N3O6S. The molecule has 1 aliphatic heterocycles. The predicted octanol–water partition coefficient (Wildman–Crippen LogP) is 3.62. The van der Waals surface area contributed by atoms with Crippen LogP contribution in [-0.4, -0.2) is 53.5 Å². The minimum atomic E-state index is -3.31. The van der Waals surface area contributed by atoms with Gasteiger partial charge in [-0.25, -0.2) is 13.4 Å². The number of rotatable bonds is 7. The number of sulfone groups is 1. The Morgan fingerprint density at radius 3 is 2.68 bits per heavy atom. The van der Waals surface area contributed by atoms with E-state index in [1.54, 1.807) is 31.3 Å². The van der Waals surface area contributed by atoms with E-state index in [-0.39, 0.29) is 23.9 Å². The molecule has 2 aromatic carbocycles. The van der Waals surface area contributed by atoms with E-state index in [0.29, 0.717) is 34.1 Å². The Morgan fingerprint density at radius 1 is 1.18 bits per heavy atom. The normalized spacial score (nSPS) is 18.4. The fraction of sp³-hybridized carbons (Fsp3) is 0.250. The molecular weight excluding hydrogens is 458 g/mol. The highest BCUT2D eigenvalue weighted by Gasteiger charge is 2.30. The van der Waals surface area contributed by atoms with E-state index < -0.39 is 22.2 Å². The highest BCUT2D eigenvalue weighted by atomic mass is 32.2. The number of nitrogens with zero attached hydrogens (tertiary/aromatic N) is 2. The van der Waals surface area contributed by atoms with Crippen LogP contribution < -0.4 is 4.74 Å². The van der Waals surface area contributed by atoms with Gasteiger partial charge in [-0.05, 0) is 42.5 Å². The molecule has 0 bridgehead atoms. The second-order valence-corrected chi connectivity index (χ2v) is 10.1. The number of imidazole rings is 1. The first-order chi connectivity index (χ1) is 16.5. The van der Waals surface area contributed by atoms with Gasteiger partial charge in [0.15, 0.2) is 22.0 Å². The number of ether oxygens (including phenoxy) is 3. The smallest absolute Gasteiger partial charge is 0.188 e. The summed E-state index contributed by atoms with van der Waals surface area (Å²) >= 11 is 0. The maximum absolute atomic E-state index is 12.1. The third-order valence-electron chi connectivity index (χ3n) is 5.52. The van der Waals surface area contributed by atoms with Crippen LogP contribution in [0.15, 0.2) is 65.7 Å². The van der Waals surface area contributed by atoms with E-state index in [4.69, 9.17) is 14.2 Å². The van der Waals surface area contributed by atoms with Crippen molar-refractivity contribution in [3.05, 3.63) is 66.4 Å². The summed E-state index contributed by atoms with van der Waals surface area (Å²) in [5.41, 5.74) is 2.70. The maximum atomic E-state index is 12.1. The molecule has 0 saturated carbocycles. The van der Waals surface area contributed by atoms with Crippen LogP contribution in [-0.2, 0) is 19.3 Å². The van der Waals surface area contributed by atoms with Crippen molar-refractivity contribution in [2.75, 3.05) is 19.0 Å². The number of pyridine rings is 1. The van der Waals surface area contributed by atoms with Gasteiger partial charge in [0.25, 0.3) is 0 Å². The molecule has 4 aromatic rings. The monoisotopic (exact) mass is 481 g/mol. The summed E-state index contributed by atoms with van der Waals surface area (Å²) in [5.74, 6) is 1.54. The zero-order chi connectivity index (χ0) is 23.7. The highest BCUT2D eigenvalue weighted by Crippen LogP contribution is 2.38. The molecule has 34 heavy (non-hydrogen) atoms. The van der Waals surface area contributed by atoms with E-state index in [1.807, 2.05) is 24.3 Å². The van der Waals surface area contributed by atoms with Crippen LogP contribution in [0.2, 0.25) is 0 Å². The third-order valence-corrected chi connectivity index (χ3v) is 7.27. The maximum Gasteiger partial charge on any atom is 0.188 e. The van der Waals surface area contributed by atoms with Crippen LogP contribution in [0.4, 0.5) is 0 Å². The summed E-state index contributed by atoms with van der Waals surface area (Å²) in [4.78, 5) is 12.5. The number of hydrogen-bond donors (Lipinski definition) is 2. The van der Waals surface area contributed by atoms with Gasteiger partial charge in [-0.3, -0.25) is 4.98 Å². The van der Waals surface area contributed by atoms with Crippen LogP contribution in [0, 0.1) is 0 Å². The molecule has 1 saturated heterocycles. The van der Waals surface area contributed by atoms with E-state index in [2.05, 4.69) is 15.0 Å². The van der Waals surface area contributed by atoms with Gasteiger partial charge >= 0.3 is 0 Å². The zero-order valence-electron chi connectivity index (χ0n) is 18.3. The molecule has 3 heterocycles. The summed E-state index contributed by atoms with van der Waals surface area (Å²) in [5, 5.41) is 9.44. The van der Waals surface area contributed by atoms with Crippen molar-refractivity contribution in [2.45, 2.75) is 24.2 Å². The number of aromatic amines is 1. The molecule has 1 aliphatic rings. The van der Waals surface area contributed by atoms with Crippen molar-refractivity contribution in [1.29, 1.82) is 0 Å². The summed E-state index contributed by atoms with van der Waals surface area (Å²) < 4.78 is 41.9. The number of H-pyrrole nitrogens is 1. The number of aliphatic hydroxyl groups excluding tert-OH is 1. The average molecular weight is 482 g/mol. The van der Waals surface area contributed by atoms with Crippen molar-refractivity contribution in [3.8, 4) is 23.0 Å². The fourth-order valence-electron chi connectivity index (χ4n) is 3.67. The number of hydrogen-bond acceptors (Lipinski definition) is 8. The van der Waals surface area contributed by atoms with Crippen LogP contribution in [0.3, 0.4) is 0 Å². The Labute approximate surface area is 196 Å². The van der Waals surface area contributed by atoms with E-state index in [1.165, 1.54) is 12.1 Å². The van der Waals surface area contributed by atoms with Crippen LogP contribution in [0.25, 0.3) is 22.6 Å². The minimum absolute atomic E-state index is 0.0226. The van der Waals surface area contributed by atoms with Gasteiger partial charge in [0, 0.05) is 12.3 Å². The number of fused-ring (bicyclic) bond motifs is 1. The molecule has 9 nitrogen and oxygen atoms in total. The number of benzene rings is 2.